The van der Waals surface area contributed by atoms with Crippen LogP contribution >= 0.6 is 11.8 Å². The number of aromatic nitrogens is 2. The number of nitrogens with one attached hydrogen (secondary N) is 2. The van der Waals surface area contributed by atoms with Crippen molar-refractivity contribution in [3.63, 3.8) is 0 Å². The highest BCUT2D eigenvalue weighted by atomic mass is 32.2. The van der Waals surface area contributed by atoms with Crippen LogP contribution in [-0.2, 0) is 11.2 Å². The van der Waals surface area contributed by atoms with Crippen LogP contribution in [0.1, 0.15) is 34.2 Å². The van der Waals surface area contributed by atoms with E-state index in [-0.39, 0.29) is 17.6 Å². The average Bonchev–Trinajstić information content (AvgIpc) is 3.04. The molecular weight excluding hydrogens is 384 g/mol. The number of para-hydroxylation sites is 1. The molecule has 150 valence electrons. The van der Waals surface area contributed by atoms with E-state index < -0.39 is 0 Å². The van der Waals surface area contributed by atoms with Crippen LogP contribution in [0.15, 0.2) is 59.5 Å². The Bertz CT molecular complexity index is 998. The van der Waals surface area contributed by atoms with Crippen LogP contribution < -0.4 is 10.9 Å². The molecule has 0 saturated heterocycles. The molecule has 0 radical (unpaired) electrons. The number of rotatable bonds is 6. The third-order valence-corrected chi connectivity index (χ3v) is 5.80. The fraction of sp³-hybridized carbons (Fsp3) is 0.227. The first-order valence-corrected chi connectivity index (χ1v) is 10.4. The number of nitrogens with zero attached hydrogens (tertiary/aromatic N) is 2. The summed E-state index contributed by atoms with van der Waals surface area (Å²) in [7, 11) is 0. The standard InChI is InChI=1S/C22H24N4O2S/c1-4-17-10-12-18(13-11-17)22(28)24-23-20(27)14-29-21-15(2)25-26(16(21)3)19-8-6-5-7-9-19/h5-13H,4,14H2,1-3H3,(H,23,27)(H,24,28). The summed E-state index contributed by atoms with van der Waals surface area (Å²) in [6, 6.07) is 17.2. The molecule has 0 bridgehead atoms. The molecule has 2 amide bonds. The van der Waals surface area contributed by atoms with Crippen molar-refractivity contribution in [1.82, 2.24) is 20.6 Å². The van der Waals surface area contributed by atoms with Crippen LogP contribution in [-0.4, -0.2) is 27.3 Å². The predicted molar refractivity (Wildman–Crippen MR) is 115 cm³/mol. The third-order valence-electron chi connectivity index (χ3n) is 4.51. The summed E-state index contributed by atoms with van der Waals surface area (Å²) in [5, 5.41) is 4.58. The Hall–Kier alpha value is -3.06. The number of hydrogen-bond donors (Lipinski definition) is 2. The lowest BCUT2D eigenvalue weighted by Crippen LogP contribution is -2.42. The number of thioether (sulfide) groups is 1. The van der Waals surface area contributed by atoms with Crippen molar-refractivity contribution in [2.45, 2.75) is 32.1 Å². The van der Waals surface area contributed by atoms with Crippen LogP contribution in [0.4, 0.5) is 0 Å². The third kappa shape index (κ3) is 5.06. The zero-order valence-corrected chi connectivity index (χ0v) is 17.5. The lowest BCUT2D eigenvalue weighted by molar-refractivity contribution is -0.119. The van der Waals surface area contributed by atoms with E-state index in [0.717, 1.165) is 34.0 Å². The molecule has 0 spiro atoms. The van der Waals surface area contributed by atoms with E-state index in [0.29, 0.717) is 5.56 Å². The second-order valence-electron chi connectivity index (χ2n) is 6.59. The SMILES string of the molecule is CCc1ccc(C(=O)NNC(=O)CSc2c(C)nn(-c3ccccc3)c2C)cc1. The molecular formula is C22H24N4O2S. The molecule has 0 fully saturated rings. The molecule has 0 atom stereocenters. The van der Waals surface area contributed by atoms with Gasteiger partial charge in [0.1, 0.15) is 0 Å². The molecule has 2 N–H and O–H groups in total. The number of carbonyl (C=O) groups is 2. The Kier molecular flexibility index (Phi) is 6.72. The molecule has 7 heteroatoms. The van der Waals surface area contributed by atoms with Crippen molar-refractivity contribution in [2.75, 3.05) is 5.75 Å². The highest BCUT2D eigenvalue weighted by molar-refractivity contribution is 8.00. The van der Waals surface area contributed by atoms with Gasteiger partial charge < -0.3 is 0 Å². The van der Waals surface area contributed by atoms with Crippen LogP contribution in [0.5, 0.6) is 0 Å². The van der Waals surface area contributed by atoms with Gasteiger partial charge in [-0.1, -0.05) is 37.3 Å². The van der Waals surface area contributed by atoms with E-state index in [9.17, 15) is 9.59 Å². The summed E-state index contributed by atoms with van der Waals surface area (Å²) in [5.74, 6) is -0.438. The van der Waals surface area contributed by atoms with Gasteiger partial charge in [0, 0.05) is 5.56 Å². The smallest absolute Gasteiger partial charge is 0.269 e. The molecule has 1 aromatic heterocycles. The fourth-order valence-corrected chi connectivity index (χ4v) is 3.81. The largest absolute Gasteiger partial charge is 0.272 e. The molecule has 2 aromatic carbocycles. The maximum absolute atomic E-state index is 12.2. The quantitative estimate of drug-likeness (QED) is 0.483. The first-order valence-electron chi connectivity index (χ1n) is 9.42. The second-order valence-corrected chi connectivity index (χ2v) is 7.57. The van der Waals surface area contributed by atoms with Crippen LogP contribution in [0, 0.1) is 13.8 Å². The topological polar surface area (TPSA) is 76.0 Å². The zero-order chi connectivity index (χ0) is 20.8. The van der Waals surface area contributed by atoms with Crippen LogP contribution in [0.2, 0.25) is 0 Å². The first kappa shape index (κ1) is 20.7. The van der Waals surface area contributed by atoms with Gasteiger partial charge >= 0.3 is 0 Å². The Morgan fingerprint density at radius 1 is 1.00 bits per heavy atom. The molecule has 3 aromatic rings. The van der Waals surface area contributed by atoms with Crippen LogP contribution in [0.25, 0.3) is 5.69 Å². The first-order chi connectivity index (χ1) is 14.0. The molecule has 0 saturated carbocycles. The van der Waals surface area contributed by atoms with Crippen molar-refractivity contribution in [2.24, 2.45) is 0 Å². The fourth-order valence-electron chi connectivity index (χ4n) is 2.92. The maximum Gasteiger partial charge on any atom is 0.269 e. The Morgan fingerprint density at radius 3 is 2.34 bits per heavy atom. The van der Waals surface area contributed by atoms with Crippen molar-refractivity contribution >= 4 is 23.6 Å². The van der Waals surface area contributed by atoms with Crippen molar-refractivity contribution in [3.8, 4) is 5.69 Å². The van der Waals surface area contributed by atoms with E-state index in [4.69, 9.17) is 0 Å². The highest BCUT2D eigenvalue weighted by Crippen LogP contribution is 2.27. The van der Waals surface area contributed by atoms with Gasteiger partial charge in [-0.2, -0.15) is 5.10 Å². The number of carbonyl (C=O) groups excluding carboxylic acids is 2. The highest BCUT2D eigenvalue weighted by Gasteiger charge is 2.15. The van der Waals surface area contributed by atoms with Crippen LogP contribution in [0.3, 0.4) is 0 Å². The summed E-state index contributed by atoms with van der Waals surface area (Å²) in [4.78, 5) is 25.3. The Morgan fingerprint density at radius 2 is 1.69 bits per heavy atom. The minimum atomic E-state index is -0.338. The number of amides is 2. The van der Waals surface area contributed by atoms with E-state index in [2.05, 4.69) is 22.9 Å². The number of hydrogen-bond acceptors (Lipinski definition) is 4. The van der Waals surface area contributed by atoms with Gasteiger partial charge in [0.25, 0.3) is 5.91 Å². The summed E-state index contributed by atoms with van der Waals surface area (Å²) in [5.41, 5.74) is 9.41. The van der Waals surface area contributed by atoms with Gasteiger partial charge in [0.05, 0.1) is 27.7 Å². The normalized spacial score (nSPS) is 10.6. The molecule has 0 unspecified atom stereocenters. The monoisotopic (exact) mass is 408 g/mol. The van der Waals surface area contributed by atoms with E-state index >= 15 is 0 Å². The summed E-state index contributed by atoms with van der Waals surface area (Å²) in [6.45, 7) is 5.96. The average molecular weight is 409 g/mol. The Labute approximate surface area is 174 Å². The zero-order valence-electron chi connectivity index (χ0n) is 16.7. The van der Waals surface area contributed by atoms with Gasteiger partial charge in [-0.15, -0.1) is 11.8 Å². The molecule has 0 aliphatic carbocycles. The second kappa shape index (κ2) is 9.43. The number of hydrazine groups is 1. The van der Waals surface area contributed by atoms with Gasteiger partial charge in [0.15, 0.2) is 0 Å². The van der Waals surface area contributed by atoms with Gasteiger partial charge in [-0.05, 0) is 50.1 Å². The minimum absolute atomic E-state index is 0.178. The maximum atomic E-state index is 12.2. The molecule has 6 nitrogen and oxygen atoms in total. The number of benzene rings is 2. The summed E-state index contributed by atoms with van der Waals surface area (Å²) in [6.07, 6.45) is 0.912. The lowest BCUT2D eigenvalue weighted by atomic mass is 10.1. The minimum Gasteiger partial charge on any atom is -0.272 e. The van der Waals surface area contributed by atoms with Crippen molar-refractivity contribution in [3.05, 3.63) is 77.1 Å². The van der Waals surface area contributed by atoms with E-state index in [1.807, 2.05) is 61.0 Å². The Balaban J connectivity index is 1.55. The van der Waals surface area contributed by atoms with Gasteiger partial charge in [-0.25, -0.2) is 4.68 Å². The summed E-state index contributed by atoms with van der Waals surface area (Å²) < 4.78 is 1.87. The van der Waals surface area contributed by atoms with E-state index in [1.54, 1.807) is 12.1 Å². The number of aryl methyl sites for hydroxylation is 2. The van der Waals surface area contributed by atoms with Crippen molar-refractivity contribution in [1.29, 1.82) is 0 Å². The van der Waals surface area contributed by atoms with Gasteiger partial charge in [0.2, 0.25) is 5.91 Å². The lowest BCUT2D eigenvalue weighted by Gasteiger charge is -2.08. The predicted octanol–water partition coefficient (Wildman–Crippen LogP) is 3.60. The molecule has 1 heterocycles. The van der Waals surface area contributed by atoms with E-state index in [1.165, 1.54) is 11.8 Å². The van der Waals surface area contributed by atoms with Gasteiger partial charge in [-0.3, -0.25) is 20.4 Å². The van der Waals surface area contributed by atoms with Crippen molar-refractivity contribution < 1.29 is 9.59 Å². The molecule has 29 heavy (non-hydrogen) atoms. The summed E-state index contributed by atoms with van der Waals surface area (Å²) >= 11 is 1.40. The molecule has 0 aliphatic rings. The molecule has 0 aliphatic heterocycles. The molecule has 3 rings (SSSR count).